The normalized spacial score (nSPS) is 15.6. The number of thioether (sulfide) groups is 1. The molecule has 0 saturated carbocycles. The maximum atomic E-state index is 12.8. The summed E-state index contributed by atoms with van der Waals surface area (Å²) >= 11 is 1.90. The van der Waals surface area contributed by atoms with Gasteiger partial charge in [0.25, 0.3) is 0 Å². The van der Waals surface area contributed by atoms with Crippen LogP contribution in [0.4, 0.5) is 10.5 Å². The van der Waals surface area contributed by atoms with Crippen LogP contribution < -0.4 is 5.32 Å². The van der Waals surface area contributed by atoms with Gasteiger partial charge in [0.15, 0.2) is 0 Å². The zero-order valence-corrected chi connectivity index (χ0v) is 20.3. The average Bonchev–Trinajstić information content (AvgIpc) is 2.75. The number of anilines is 1. The number of nitrogens with zero attached hydrogens (tertiary/aromatic N) is 2. The third kappa shape index (κ3) is 7.29. The first-order valence-corrected chi connectivity index (χ1v) is 12.3. The van der Waals surface area contributed by atoms with Gasteiger partial charge in [-0.1, -0.05) is 57.5 Å². The number of nitrogens with one attached hydrogen (secondary N) is 1. The molecule has 0 atom stereocenters. The van der Waals surface area contributed by atoms with Crippen molar-refractivity contribution in [2.75, 3.05) is 25.5 Å². The van der Waals surface area contributed by atoms with Gasteiger partial charge in [-0.3, -0.25) is 4.90 Å². The Labute approximate surface area is 192 Å². The number of rotatable bonds is 8. The molecule has 5 heteroatoms. The Balaban J connectivity index is 1.46. The van der Waals surface area contributed by atoms with E-state index in [1.807, 2.05) is 35.8 Å². The molecular formula is C26H37N3OS. The molecule has 3 rings (SSSR count). The maximum Gasteiger partial charge on any atom is 0.321 e. The van der Waals surface area contributed by atoms with E-state index in [0.29, 0.717) is 0 Å². The summed E-state index contributed by atoms with van der Waals surface area (Å²) in [5.41, 5.74) is 2.21. The fourth-order valence-electron chi connectivity index (χ4n) is 4.26. The van der Waals surface area contributed by atoms with E-state index in [1.165, 1.54) is 23.3 Å². The van der Waals surface area contributed by atoms with Gasteiger partial charge in [-0.2, -0.15) is 0 Å². The van der Waals surface area contributed by atoms with Crippen LogP contribution in [-0.4, -0.2) is 46.8 Å². The van der Waals surface area contributed by atoms with E-state index in [1.54, 1.807) is 0 Å². The van der Waals surface area contributed by atoms with Gasteiger partial charge in [0.05, 0.1) is 0 Å². The number of piperidine rings is 1. The summed E-state index contributed by atoms with van der Waals surface area (Å²) in [5.74, 6) is 0. The van der Waals surface area contributed by atoms with Crippen molar-refractivity contribution < 1.29 is 4.79 Å². The lowest BCUT2D eigenvalue weighted by atomic mass is 10.0. The van der Waals surface area contributed by atoms with E-state index < -0.39 is 0 Å². The molecule has 0 aliphatic carbocycles. The maximum absolute atomic E-state index is 12.8. The molecule has 1 saturated heterocycles. The summed E-state index contributed by atoms with van der Waals surface area (Å²) in [6.45, 7) is 9.84. The lowest BCUT2D eigenvalue weighted by molar-refractivity contribution is 0.137. The highest BCUT2D eigenvalue weighted by molar-refractivity contribution is 8.00. The summed E-state index contributed by atoms with van der Waals surface area (Å²) in [7, 11) is 1.92. The van der Waals surface area contributed by atoms with Crippen LogP contribution in [0.25, 0.3) is 0 Å². The number of benzene rings is 2. The molecule has 168 valence electrons. The number of hydrogen-bond acceptors (Lipinski definition) is 3. The van der Waals surface area contributed by atoms with Gasteiger partial charge >= 0.3 is 6.03 Å². The summed E-state index contributed by atoms with van der Waals surface area (Å²) in [5, 5.41) is 3.07. The molecule has 4 nitrogen and oxygen atoms in total. The fourth-order valence-corrected chi connectivity index (χ4v) is 5.48. The third-order valence-electron chi connectivity index (χ3n) is 6.03. The summed E-state index contributed by atoms with van der Waals surface area (Å²) in [4.78, 5) is 18.4. The summed E-state index contributed by atoms with van der Waals surface area (Å²) < 4.78 is 0.231. The number of carbonyl (C=O) groups excluding carboxylic acids is 1. The number of carbonyl (C=O) groups is 1. The Morgan fingerprint density at radius 1 is 1.10 bits per heavy atom. The van der Waals surface area contributed by atoms with Crippen LogP contribution in [0, 0.1) is 0 Å². The minimum absolute atomic E-state index is 0.0202. The molecule has 0 aromatic heterocycles. The smallest absolute Gasteiger partial charge is 0.321 e. The Morgan fingerprint density at radius 3 is 2.35 bits per heavy atom. The van der Waals surface area contributed by atoms with E-state index in [9.17, 15) is 4.79 Å². The van der Waals surface area contributed by atoms with Crippen LogP contribution in [0.3, 0.4) is 0 Å². The molecular weight excluding hydrogens is 402 g/mol. The van der Waals surface area contributed by atoms with Gasteiger partial charge in [0.1, 0.15) is 0 Å². The van der Waals surface area contributed by atoms with Gasteiger partial charge in [-0.25, -0.2) is 4.79 Å². The van der Waals surface area contributed by atoms with Crippen molar-refractivity contribution in [3.05, 3.63) is 60.2 Å². The Kier molecular flexibility index (Phi) is 8.44. The van der Waals surface area contributed by atoms with Crippen LogP contribution in [-0.2, 0) is 6.54 Å². The van der Waals surface area contributed by atoms with Crippen LogP contribution in [0.15, 0.2) is 59.5 Å². The van der Waals surface area contributed by atoms with Crippen molar-refractivity contribution >= 4 is 23.5 Å². The molecule has 2 aromatic carbocycles. The molecule has 1 N–H and O–H groups in total. The van der Waals surface area contributed by atoms with Gasteiger partial charge in [0.2, 0.25) is 0 Å². The summed E-state index contributed by atoms with van der Waals surface area (Å²) in [6, 6.07) is 19.1. The SMILES string of the molecule is CCCC(C)(C)Sc1ccc(NC(=O)N(C)C2CCN(Cc3ccccc3)CC2)cc1. The van der Waals surface area contributed by atoms with E-state index in [4.69, 9.17) is 0 Å². The lowest BCUT2D eigenvalue weighted by Crippen LogP contribution is -2.46. The molecule has 31 heavy (non-hydrogen) atoms. The van der Waals surface area contributed by atoms with Gasteiger partial charge in [-0.15, -0.1) is 11.8 Å². The van der Waals surface area contributed by atoms with Crippen LogP contribution in [0.1, 0.15) is 52.0 Å². The van der Waals surface area contributed by atoms with Gasteiger partial charge in [-0.05, 0) is 49.1 Å². The van der Waals surface area contributed by atoms with Gasteiger partial charge in [0, 0.05) is 48.1 Å². The van der Waals surface area contributed by atoms with Crippen LogP contribution in [0.2, 0.25) is 0 Å². The highest BCUT2D eigenvalue weighted by Gasteiger charge is 2.25. The Hall–Kier alpha value is -1.98. The first-order chi connectivity index (χ1) is 14.9. The lowest BCUT2D eigenvalue weighted by Gasteiger charge is -2.36. The van der Waals surface area contributed by atoms with E-state index in [-0.39, 0.29) is 16.8 Å². The molecule has 0 bridgehead atoms. The Morgan fingerprint density at radius 2 is 1.74 bits per heavy atom. The fraction of sp³-hybridized carbons (Fsp3) is 0.500. The predicted octanol–water partition coefficient (Wildman–Crippen LogP) is 6.49. The second-order valence-corrected chi connectivity index (χ2v) is 11.0. The third-order valence-corrected chi connectivity index (χ3v) is 7.29. The van der Waals surface area contributed by atoms with Gasteiger partial charge < -0.3 is 10.2 Å². The molecule has 1 heterocycles. The second kappa shape index (κ2) is 11.1. The zero-order chi connectivity index (χ0) is 22.3. The highest BCUT2D eigenvalue weighted by atomic mass is 32.2. The van der Waals surface area contributed by atoms with Crippen molar-refractivity contribution in [2.24, 2.45) is 0 Å². The number of hydrogen-bond donors (Lipinski definition) is 1. The first kappa shape index (κ1) is 23.7. The van der Waals surface area contributed by atoms with Crippen molar-refractivity contribution in [1.82, 2.24) is 9.80 Å². The number of likely N-dealkylation sites (tertiary alicyclic amines) is 1. The molecule has 0 radical (unpaired) electrons. The average molecular weight is 440 g/mol. The molecule has 1 aliphatic heterocycles. The Bertz CT molecular complexity index is 814. The molecule has 2 amide bonds. The molecule has 0 unspecified atom stereocenters. The highest BCUT2D eigenvalue weighted by Crippen LogP contribution is 2.36. The quantitative estimate of drug-likeness (QED) is 0.478. The van der Waals surface area contributed by atoms with Crippen molar-refractivity contribution in [3.63, 3.8) is 0 Å². The van der Waals surface area contributed by atoms with E-state index in [2.05, 4.69) is 73.5 Å². The summed E-state index contributed by atoms with van der Waals surface area (Å²) in [6.07, 6.45) is 4.40. The van der Waals surface area contributed by atoms with E-state index >= 15 is 0 Å². The second-order valence-electron chi connectivity index (χ2n) is 9.17. The first-order valence-electron chi connectivity index (χ1n) is 11.5. The minimum Gasteiger partial charge on any atom is -0.325 e. The van der Waals surface area contributed by atoms with Crippen molar-refractivity contribution in [2.45, 2.75) is 68.7 Å². The standard InChI is InChI=1S/C26H37N3OS/c1-5-17-26(2,3)31-24-13-11-22(12-14-24)27-25(30)28(4)23-15-18-29(19-16-23)20-21-9-7-6-8-10-21/h6-14,23H,5,15-20H2,1-4H3,(H,27,30). The molecule has 1 aliphatic rings. The minimum atomic E-state index is -0.0202. The molecule has 2 aromatic rings. The zero-order valence-electron chi connectivity index (χ0n) is 19.4. The predicted molar refractivity (Wildman–Crippen MR) is 133 cm³/mol. The van der Waals surface area contributed by atoms with Crippen LogP contribution in [0.5, 0.6) is 0 Å². The number of amides is 2. The van der Waals surface area contributed by atoms with Crippen LogP contribution >= 0.6 is 11.8 Å². The number of urea groups is 1. The monoisotopic (exact) mass is 439 g/mol. The topological polar surface area (TPSA) is 35.6 Å². The van der Waals surface area contributed by atoms with E-state index in [0.717, 1.165) is 38.2 Å². The van der Waals surface area contributed by atoms with Crippen molar-refractivity contribution in [3.8, 4) is 0 Å². The largest absolute Gasteiger partial charge is 0.325 e. The molecule has 0 spiro atoms. The van der Waals surface area contributed by atoms with Crippen molar-refractivity contribution in [1.29, 1.82) is 0 Å². The molecule has 1 fully saturated rings.